The van der Waals surface area contributed by atoms with Gasteiger partial charge in [0, 0.05) is 13.6 Å². The van der Waals surface area contributed by atoms with Crippen LogP contribution in [0, 0.1) is 6.92 Å². The largest absolute Gasteiger partial charge is 0.393 e. The first-order valence-corrected chi connectivity index (χ1v) is 5.48. The van der Waals surface area contributed by atoms with Crippen LogP contribution in [0.25, 0.3) is 0 Å². The molecule has 5 nitrogen and oxygen atoms in total. The molecule has 16 heavy (non-hydrogen) atoms. The SMILES string of the molecule is Cc1cc(C(=O)NCCCC(N)=S)n(C)n1. The Labute approximate surface area is 100 Å². The van der Waals surface area contributed by atoms with Gasteiger partial charge in [0.05, 0.1) is 10.7 Å². The number of nitrogens with zero attached hydrogens (tertiary/aromatic N) is 2. The third-order valence-electron chi connectivity index (χ3n) is 2.12. The highest BCUT2D eigenvalue weighted by Gasteiger charge is 2.10. The molecule has 0 unspecified atom stereocenters. The number of aryl methyl sites for hydroxylation is 2. The van der Waals surface area contributed by atoms with E-state index in [0.29, 0.717) is 23.6 Å². The number of nitrogens with one attached hydrogen (secondary N) is 1. The molecule has 0 aliphatic carbocycles. The first-order valence-electron chi connectivity index (χ1n) is 5.08. The van der Waals surface area contributed by atoms with Gasteiger partial charge in [-0.15, -0.1) is 0 Å². The van der Waals surface area contributed by atoms with E-state index in [4.69, 9.17) is 18.0 Å². The van der Waals surface area contributed by atoms with Gasteiger partial charge in [-0.3, -0.25) is 9.48 Å². The molecule has 6 heteroatoms. The van der Waals surface area contributed by atoms with E-state index in [1.165, 1.54) is 0 Å². The van der Waals surface area contributed by atoms with Crippen LogP contribution in [-0.4, -0.2) is 27.2 Å². The summed E-state index contributed by atoms with van der Waals surface area (Å²) in [6, 6.07) is 1.75. The molecule has 0 bridgehead atoms. The van der Waals surface area contributed by atoms with E-state index in [1.54, 1.807) is 17.8 Å². The van der Waals surface area contributed by atoms with Crippen LogP contribution in [0.1, 0.15) is 29.0 Å². The lowest BCUT2D eigenvalue weighted by Gasteiger charge is -2.04. The Morgan fingerprint density at radius 1 is 1.69 bits per heavy atom. The predicted octanol–water partition coefficient (Wildman–Crippen LogP) is 0.525. The van der Waals surface area contributed by atoms with Crippen LogP contribution < -0.4 is 11.1 Å². The Kier molecular flexibility index (Phi) is 4.42. The molecular formula is C10H16N4OS. The number of hydrogen-bond acceptors (Lipinski definition) is 3. The predicted molar refractivity (Wildman–Crippen MR) is 66.3 cm³/mol. The summed E-state index contributed by atoms with van der Waals surface area (Å²) in [6.45, 7) is 2.42. The fourth-order valence-electron chi connectivity index (χ4n) is 1.38. The molecule has 0 aromatic carbocycles. The van der Waals surface area contributed by atoms with Crippen LogP contribution in [-0.2, 0) is 7.05 Å². The van der Waals surface area contributed by atoms with Gasteiger partial charge in [0.1, 0.15) is 5.69 Å². The summed E-state index contributed by atoms with van der Waals surface area (Å²) >= 11 is 4.74. The number of aromatic nitrogens is 2. The minimum absolute atomic E-state index is 0.119. The van der Waals surface area contributed by atoms with Gasteiger partial charge in [0.15, 0.2) is 0 Å². The van der Waals surface area contributed by atoms with Gasteiger partial charge in [-0.05, 0) is 25.8 Å². The van der Waals surface area contributed by atoms with Crippen LogP contribution >= 0.6 is 12.2 Å². The van der Waals surface area contributed by atoms with Gasteiger partial charge in [-0.25, -0.2) is 0 Å². The molecule has 0 radical (unpaired) electrons. The summed E-state index contributed by atoms with van der Waals surface area (Å²) < 4.78 is 1.57. The van der Waals surface area contributed by atoms with Crippen molar-refractivity contribution in [3.8, 4) is 0 Å². The van der Waals surface area contributed by atoms with Crippen molar-refractivity contribution in [3.63, 3.8) is 0 Å². The molecule has 1 rings (SSSR count). The van der Waals surface area contributed by atoms with Gasteiger partial charge in [-0.2, -0.15) is 5.10 Å². The van der Waals surface area contributed by atoms with Gasteiger partial charge in [0.25, 0.3) is 5.91 Å². The van der Waals surface area contributed by atoms with Gasteiger partial charge >= 0.3 is 0 Å². The van der Waals surface area contributed by atoms with E-state index in [-0.39, 0.29) is 5.91 Å². The zero-order valence-corrected chi connectivity index (χ0v) is 10.3. The van der Waals surface area contributed by atoms with Gasteiger partial charge in [-0.1, -0.05) is 12.2 Å². The average Bonchev–Trinajstić information content (AvgIpc) is 2.52. The first kappa shape index (κ1) is 12.6. The molecule has 1 aromatic heterocycles. The summed E-state index contributed by atoms with van der Waals surface area (Å²) in [6.07, 6.45) is 1.41. The Hall–Kier alpha value is -1.43. The molecule has 1 amide bonds. The summed E-state index contributed by atoms with van der Waals surface area (Å²) in [5.74, 6) is -0.119. The number of hydrogen-bond donors (Lipinski definition) is 2. The van der Waals surface area contributed by atoms with Gasteiger partial charge < -0.3 is 11.1 Å². The van der Waals surface area contributed by atoms with E-state index in [9.17, 15) is 4.79 Å². The summed E-state index contributed by atoms with van der Waals surface area (Å²) in [4.78, 5) is 12.2. The molecule has 0 aliphatic rings. The highest BCUT2D eigenvalue weighted by atomic mass is 32.1. The number of rotatable bonds is 5. The monoisotopic (exact) mass is 240 g/mol. The second-order valence-electron chi connectivity index (χ2n) is 3.62. The van der Waals surface area contributed by atoms with Crippen molar-refractivity contribution >= 4 is 23.1 Å². The molecule has 88 valence electrons. The third kappa shape index (κ3) is 3.62. The zero-order chi connectivity index (χ0) is 12.1. The molecule has 0 fully saturated rings. The topological polar surface area (TPSA) is 72.9 Å². The number of carbonyl (C=O) groups excluding carboxylic acids is 1. The number of nitrogens with two attached hydrogens (primary N) is 1. The van der Waals surface area contributed by atoms with Crippen molar-refractivity contribution < 1.29 is 4.79 Å². The normalized spacial score (nSPS) is 10.1. The van der Waals surface area contributed by atoms with E-state index >= 15 is 0 Å². The maximum atomic E-state index is 11.7. The Morgan fingerprint density at radius 3 is 2.88 bits per heavy atom. The van der Waals surface area contributed by atoms with Crippen LogP contribution in [0.15, 0.2) is 6.07 Å². The molecule has 0 spiro atoms. The smallest absolute Gasteiger partial charge is 0.269 e. The fraction of sp³-hybridized carbons (Fsp3) is 0.500. The summed E-state index contributed by atoms with van der Waals surface area (Å²) in [5, 5.41) is 6.90. The zero-order valence-electron chi connectivity index (χ0n) is 9.49. The van der Waals surface area contributed by atoms with Crippen molar-refractivity contribution in [2.24, 2.45) is 12.8 Å². The van der Waals surface area contributed by atoms with Crippen molar-refractivity contribution in [1.29, 1.82) is 0 Å². The lowest BCUT2D eigenvalue weighted by molar-refractivity contribution is 0.0944. The molecule has 0 atom stereocenters. The van der Waals surface area contributed by atoms with E-state index in [0.717, 1.165) is 12.1 Å². The fourth-order valence-corrected chi connectivity index (χ4v) is 1.52. The van der Waals surface area contributed by atoms with Crippen molar-refractivity contribution in [3.05, 3.63) is 17.5 Å². The standard InChI is InChI=1S/C10H16N4OS/c1-7-6-8(14(2)13-7)10(15)12-5-3-4-9(11)16/h6H,3-5H2,1-2H3,(H2,11,16)(H,12,15). The number of carbonyl (C=O) groups is 1. The molecule has 1 heterocycles. The third-order valence-corrected chi connectivity index (χ3v) is 2.32. The maximum Gasteiger partial charge on any atom is 0.269 e. The number of thiocarbonyl (C=S) groups is 1. The molecule has 1 aromatic rings. The van der Waals surface area contributed by atoms with E-state index in [2.05, 4.69) is 10.4 Å². The number of amides is 1. The molecule has 0 saturated carbocycles. The lowest BCUT2D eigenvalue weighted by atomic mass is 10.3. The highest BCUT2D eigenvalue weighted by Crippen LogP contribution is 2.01. The molecular weight excluding hydrogens is 224 g/mol. The molecule has 3 N–H and O–H groups in total. The maximum absolute atomic E-state index is 11.7. The van der Waals surface area contributed by atoms with Crippen LogP contribution in [0.4, 0.5) is 0 Å². The average molecular weight is 240 g/mol. The molecule has 0 aliphatic heterocycles. The van der Waals surface area contributed by atoms with Crippen molar-refractivity contribution in [1.82, 2.24) is 15.1 Å². The first-order chi connectivity index (χ1) is 7.50. The van der Waals surface area contributed by atoms with E-state index < -0.39 is 0 Å². The van der Waals surface area contributed by atoms with Crippen LogP contribution in [0.5, 0.6) is 0 Å². The summed E-state index contributed by atoms with van der Waals surface area (Å²) in [7, 11) is 1.75. The minimum atomic E-state index is -0.119. The second kappa shape index (κ2) is 5.60. The summed E-state index contributed by atoms with van der Waals surface area (Å²) in [5.41, 5.74) is 6.74. The lowest BCUT2D eigenvalue weighted by Crippen LogP contribution is -2.27. The van der Waals surface area contributed by atoms with Crippen molar-refractivity contribution in [2.75, 3.05) is 6.54 Å². The Balaban J connectivity index is 2.41. The van der Waals surface area contributed by atoms with Gasteiger partial charge in [0.2, 0.25) is 0 Å². The van der Waals surface area contributed by atoms with E-state index in [1.807, 2.05) is 6.92 Å². The molecule has 0 saturated heterocycles. The highest BCUT2D eigenvalue weighted by molar-refractivity contribution is 7.80. The van der Waals surface area contributed by atoms with Crippen LogP contribution in [0.2, 0.25) is 0 Å². The van der Waals surface area contributed by atoms with Crippen LogP contribution in [0.3, 0.4) is 0 Å². The second-order valence-corrected chi connectivity index (χ2v) is 4.14. The minimum Gasteiger partial charge on any atom is -0.393 e. The Bertz CT molecular complexity index is 400. The quantitative estimate of drug-likeness (QED) is 0.581. The Morgan fingerprint density at radius 2 is 2.38 bits per heavy atom. The van der Waals surface area contributed by atoms with Crippen molar-refractivity contribution in [2.45, 2.75) is 19.8 Å².